The van der Waals surface area contributed by atoms with Gasteiger partial charge in [-0.25, -0.2) is 4.39 Å². The molecule has 2 aromatic carbocycles. The second kappa shape index (κ2) is 5.20. The molecule has 4 heteroatoms. The lowest BCUT2D eigenvalue weighted by molar-refractivity contribution is -0.124. The molecule has 0 aliphatic carbocycles. The summed E-state index contributed by atoms with van der Waals surface area (Å²) in [6, 6.07) is 12.2. The lowest BCUT2D eigenvalue weighted by Gasteiger charge is -2.23. The number of carbonyl (C=O) groups excluding carboxylic acids is 1. The first-order chi connectivity index (χ1) is 10.1. The minimum Gasteiger partial charge on any atom is -0.481 e. The third-order valence-electron chi connectivity index (χ3n) is 3.61. The van der Waals surface area contributed by atoms with Crippen LogP contribution in [0.5, 0.6) is 5.75 Å². The van der Waals surface area contributed by atoms with E-state index in [9.17, 15) is 9.18 Å². The molecule has 0 radical (unpaired) electrons. The van der Waals surface area contributed by atoms with Gasteiger partial charge in [0, 0.05) is 5.56 Å². The summed E-state index contributed by atoms with van der Waals surface area (Å²) in [6.45, 7) is 3.87. The first-order valence-electron chi connectivity index (χ1n) is 6.88. The molecule has 3 nitrogen and oxygen atoms in total. The number of para-hydroxylation sites is 1. The summed E-state index contributed by atoms with van der Waals surface area (Å²) >= 11 is 0. The first-order valence-corrected chi connectivity index (χ1v) is 6.88. The van der Waals surface area contributed by atoms with Gasteiger partial charge < -0.3 is 9.64 Å². The summed E-state index contributed by atoms with van der Waals surface area (Å²) in [7, 11) is 0. The van der Waals surface area contributed by atoms with Crippen molar-refractivity contribution in [2.45, 2.75) is 26.5 Å². The Balaban J connectivity index is 2.09. The van der Waals surface area contributed by atoms with Crippen molar-refractivity contribution in [3.8, 4) is 5.75 Å². The van der Waals surface area contributed by atoms with E-state index in [1.165, 1.54) is 11.0 Å². The van der Waals surface area contributed by atoms with E-state index in [1.54, 1.807) is 19.1 Å². The van der Waals surface area contributed by atoms with Crippen molar-refractivity contribution in [3.05, 3.63) is 59.4 Å². The Bertz CT molecular complexity index is 699. The van der Waals surface area contributed by atoms with Gasteiger partial charge in [0.25, 0.3) is 5.91 Å². The third kappa shape index (κ3) is 2.49. The van der Waals surface area contributed by atoms with Crippen LogP contribution < -0.4 is 9.64 Å². The fraction of sp³-hybridized carbons (Fsp3) is 0.235. The zero-order valence-electron chi connectivity index (χ0n) is 12.0. The number of hydrogen-bond donors (Lipinski definition) is 0. The largest absolute Gasteiger partial charge is 0.481 e. The monoisotopic (exact) mass is 285 g/mol. The SMILES string of the molecule is Cc1ccc(F)c(N2Cc3ccccc3OC(C)C2=O)c1. The molecule has 1 aliphatic heterocycles. The van der Waals surface area contributed by atoms with Crippen molar-refractivity contribution in [2.75, 3.05) is 4.90 Å². The van der Waals surface area contributed by atoms with Crippen molar-refractivity contribution in [1.29, 1.82) is 0 Å². The number of rotatable bonds is 1. The topological polar surface area (TPSA) is 29.5 Å². The van der Waals surface area contributed by atoms with Gasteiger partial charge >= 0.3 is 0 Å². The Hall–Kier alpha value is -2.36. The Labute approximate surface area is 123 Å². The predicted molar refractivity (Wildman–Crippen MR) is 78.9 cm³/mol. The molecule has 0 aromatic heterocycles. The van der Waals surface area contributed by atoms with Gasteiger partial charge in [0.05, 0.1) is 12.2 Å². The molecule has 21 heavy (non-hydrogen) atoms. The van der Waals surface area contributed by atoms with Crippen LogP contribution in [-0.2, 0) is 11.3 Å². The van der Waals surface area contributed by atoms with E-state index in [-0.39, 0.29) is 5.91 Å². The molecule has 0 bridgehead atoms. The number of benzene rings is 2. The summed E-state index contributed by atoms with van der Waals surface area (Å²) in [5, 5.41) is 0. The van der Waals surface area contributed by atoms with Gasteiger partial charge in [-0.15, -0.1) is 0 Å². The molecule has 108 valence electrons. The highest BCUT2D eigenvalue weighted by Gasteiger charge is 2.30. The van der Waals surface area contributed by atoms with Crippen LogP contribution in [0, 0.1) is 12.7 Å². The molecule has 0 saturated carbocycles. The number of amides is 1. The van der Waals surface area contributed by atoms with Crippen LogP contribution in [0.2, 0.25) is 0 Å². The Kier molecular flexibility index (Phi) is 3.37. The quantitative estimate of drug-likeness (QED) is 0.803. The fourth-order valence-electron chi connectivity index (χ4n) is 2.49. The third-order valence-corrected chi connectivity index (χ3v) is 3.61. The van der Waals surface area contributed by atoms with Crippen molar-refractivity contribution in [1.82, 2.24) is 0 Å². The molecule has 3 rings (SSSR count). The number of ether oxygens (including phenoxy) is 1. The smallest absolute Gasteiger partial charge is 0.268 e. The highest BCUT2D eigenvalue weighted by molar-refractivity contribution is 5.97. The zero-order chi connectivity index (χ0) is 15.0. The summed E-state index contributed by atoms with van der Waals surface area (Å²) in [4.78, 5) is 14.0. The summed E-state index contributed by atoms with van der Waals surface area (Å²) < 4.78 is 19.8. The minimum atomic E-state index is -0.645. The number of hydrogen-bond acceptors (Lipinski definition) is 2. The predicted octanol–water partition coefficient (Wildman–Crippen LogP) is 3.45. The number of halogens is 1. The van der Waals surface area contributed by atoms with Crippen molar-refractivity contribution < 1.29 is 13.9 Å². The molecule has 2 aromatic rings. The molecule has 1 heterocycles. The van der Waals surface area contributed by atoms with Gasteiger partial charge in [-0.05, 0) is 37.6 Å². The number of anilines is 1. The Morgan fingerprint density at radius 1 is 1.24 bits per heavy atom. The van der Waals surface area contributed by atoms with Crippen LogP contribution >= 0.6 is 0 Å². The van der Waals surface area contributed by atoms with Crippen LogP contribution in [0.15, 0.2) is 42.5 Å². The zero-order valence-corrected chi connectivity index (χ0v) is 12.0. The average molecular weight is 285 g/mol. The number of aryl methyl sites for hydroxylation is 1. The number of carbonyl (C=O) groups is 1. The van der Waals surface area contributed by atoms with E-state index in [1.807, 2.05) is 31.2 Å². The van der Waals surface area contributed by atoms with Crippen LogP contribution in [0.25, 0.3) is 0 Å². The van der Waals surface area contributed by atoms with Crippen LogP contribution in [0.1, 0.15) is 18.1 Å². The molecular weight excluding hydrogens is 269 g/mol. The molecule has 1 unspecified atom stereocenters. The van der Waals surface area contributed by atoms with Gasteiger partial charge in [-0.3, -0.25) is 4.79 Å². The maximum Gasteiger partial charge on any atom is 0.268 e. The normalized spacial score (nSPS) is 18.0. The van der Waals surface area contributed by atoms with Gasteiger partial charge in [-0.2, -0.15) is 0 Å². The van der Waals surface area contributed by atoms with Crippen LogP contribution in [0.3, 0.4) is 0 Å². The second-order valence-electron chi connectivity index (χ2n) is 5.25. The highest BCUT2D eigenvalue weighted by Crippen LogP contribution is 2.30. The van der Waals surface area contributed by atoms with E-state index in [4.69, 9.17) is 4.74 Å². The molecular formula is C17H16FNO2. The lowest BCUT2D eigenvalue weighted by Crippen LogP contribution is -2.38. The van der Waals surface area contributed by atoms with Crippen molar-refractivity contribution >= 4 is 11.6 Å². The van der Waals surface area contributed by atoms with Crippen molar-refractivity contribution in [2.24, 2.45) is 0 Å². The van der Waals surface area contributed by atoms with Gasteiger partial charge in [0.2, 0.25) is 0 Å². The van der Waals surface area contributed by atoms with E-state index >= 15 is 0 Å². The summed E-state index contributed by atoms with van der Waals surface area (Å²) in [5.74, 6) is 0.0325. The molecule has 1 amide bonds. The average Bonchev–Trinajstić information content (AvgIpc) is 2.59. The molecule has 0 N–H and O–H groups in total. The molecule has 0 saturated heterocycles. The standard InChI is InChI=1S/C17H16FNO2/c1-11-7-8-14(18)15(9-11)19-10-13-5-3-4-6-16(13)21-12(2)17(19)20/h3-9,12H,10H2,1-2H3. The maximum atomic E-state index is 14.1. The fourth-order valence-corrected chi connectivity index (χ4v) is 2.49. The molecule has 0 spiro atoms. The highest BCUT2D eigenvalue weighted by atomic mass is 19.1. The minimum absolute atomic E-state index is 0.240. The Morgan fingerprint density at radius 3 is 2.81 bits per heavy atom. The van der Waals surface area contributed by atoms with Crippen molar-refractivity contribution in [3.63, 3.8) is 0 Å². The van der Waals surface area contributed by atoms with Gasteiger partial charge in [0.1, 0.15) is 11.6 Å². The first kappa shape index (κ1) is 13.6. The summed E-state index contributed by atoms with van der Waals surface area (Å²) in [5.41, 5.74) is 2.08. The van der Waals surface area contributed by atoms with Crippen LogP contribution in [0.4, 0.5) is 10.1 Å². The van der Waals surface area contributed by atoms with E-state index in [0.717, 1.165) is 11.1 Å². The van der Waals surface area contributed by atoms with Gasteiger partial charge in [0.15, 0.2) is 6.10 Å². The van der Waals surface area contributed by atoms with Crippen LogP contribution in [-0.4, -0.2) is 12.0 Å². The molecule has 1 atom stereocenters. The van der Waals surface area contributed by atoms with Gasteiger partial charge in [-0.1, -0.05) is 24.3 Å². The summed E-state index contributed by atoms with van der Waals surface area (Å²) in [6.07, 6.45) is -0.645. The maximum absolute atomic E-state index is 14.1. The number of nitrogens with zero attached hydrogens (tertiary/aromatic N) is 1. The molecule has 1 aliphatic rings. The van der Waals surface area contributed by atoms with E-state index in [2.05, 4.69) is 0 Å². The molecule has 0 fully saturated rings. The second-order valence-corrected chi connectivity index (χ2v) is 5.25. The lowest BCUT2D eigenvalue weighted by atomic mass is 10.1. The van der Waals surface area contributed by atoms with E-state index in [0.29, 0.717) is 18.0 Å². The Morgan fingerprint density at radius 2 is 2.00 bits per heavy atom. The number of fused-ring (bicyclic) bond motifs is 1. The van der Waals surface area contributed by atoms with E-state index < -0.39 is 11.9 Å².